The predicted molar refractivity (Wildman–Crippen MR) is 150 cm³/mol. The van der Waals surface area contributed by atoms with Gasteiger partial charge in [-0.25, -0.2) is 0 Å². The van der Waals surface area contributed by atoms with Crippen molar-refractivity contribution in [2.75, 3.05) is 0 Å². The van der Waals surface area contributed by atoms with Crippen molar-refractivity contribution in [2.24, 2.45) is 23.2 Å². The van der Waals surface area contributed by atoms with Gasteiger partial charge in [0.2, 0.25) is 0 Å². The van der Waals surface area contributed by atoms with E-state index in [9.17, 15) is 9.90 Å². The summed E-state index contributed by atoms with van der Waals surface area (Å²) in [5, 5.41) is 10.7. The van der Waals surface area contributed by atoms with Crippen LogP contribution in [0, 0.1) is 23.2 Å². The molecule has 2 heteroatoms. The van der Waals surface area contributed by atoms with Crippen molar-refractivity contribution in [3.05, 3.63) is 71.8 Å². The maximum Gasteiger partial charge on any atom is 0.307 e. The third-order valence-corrected chi connectivity index (χ3v) is 9.62. The SMILES string of the molecule is O=C(O)C(Cc1ccccc1)C(CCc1ccccc1)(CCC1CCCCC1)CCC1CCCCC1. The summed E-state index contributed by atoms with van der Waals surface area (Å²) < 4.78 is 0. The molecule has 2 aliphatic carbocycles. The molecule has 36 heavy (non-hydrogen) atoms. The Kier molecular flexibility index (Phi) is 10.5. The summed E-state index contributed by atoms with van der Waals surface area (Å²) in [6.45, 7) is 0. The van der Waals surface area contributed by atoms with E-state index in [2.05, 4.69) is 54.6 Å². The van der Waals surface area contributed by atoms with Crippen LogP contribution in [0.4, 0.5) is 0 Å². The van der Waals surface area contributed by atoms with Gasteiger partial charge >= 0.3 is 5.97 Å². The zero-order valence-corrected chi connectivity index (χ0v) is 22.4. The van der Waals surface area contributed by atoms with Crippen LogP contribution in [-0.2, 0) is 17.6 Å². The van der Waals surface area contributed by atoms with Gasteiger partial charge in [0.1, 0.15) is 0 Å². The summed E-state index contributed by atoms with van der Waals surface area (Å²) in [5.41, 5.74) is 2.37. The van der Waals surface area contributed by atoms with Gasteiger partial charge in [-0.1, -0.05) is 125 Å². The van der Waals surface area contributed by atoms with Crippen LogP contribution in [-0.4, -0.2) is 11.1 Å². The number of carboxylic acids is 1. The lowest BCUT2D eigenvalue weighted by molar-refractivity contribution is -0.148. The second kappa shape index (κ2) is 14.0. The first-order valence-corrected chi connectivity index (χ1v) is 15.0. The molecule has 0 saturated heterocycles. The molecule has 196 valence electrons. The first-order valence-electron chi connectivity index (χ1n) is 15.0. The van der Waals surface area contributed by atoms with E-state index < -0.39 is 5.97 Å². The van der Waals surface area contributed by atoms with Crippen molar-refractivity contribution in [3.63, 3.8) is 0 Å². The first-order chi connectivity index (χ1) is 17.6. The Morgan fingerprint density at radius 2 is 1.17 bits per heavy atom. The smallest absolute Gasteiger partial charge is 0.307 e. The van der Waals surface area contributed by atoms with Gasteiger partial charge in [-0.15, -0.1) is 0 Å². The quantitative estimate of drug-likeness (QED) is 0.305. The molecule has 2 aliphatic rings. The molecule has 1 atom stereocenters. The van der Waals surface area contributed by atoms with Gasteiger partial charge in [-0.3, -0.25) is 4.79 Å². The number of hydrogen-bond acceptors (Lipinski definition) is 1. The second-order valence-electron chi connectivity index (χ2n) is 12.0. The maximum atomic E-state index is 13.1. The average molecular weight is 489 g/mol. The molecule has 2 nitrogen and oxygen atoms in total. The largest absolute Gasteiger partial charge is 0.481 e. The number of aryl methyl sites for hydroxylation is 1. The van der Waals surface area contributed by atoms with Crippen LogP contribution in [0.1, 0.15) is 107 Å². The Bertz CT molecular complexity index is 856. The molecule has 2 aromatic carbocycles. The van der Waals surface area contributed by atoms with Crippen molar-refractivity contribution < 1.29 is 9.90 Å². The minimum absolute atomic E-state index is 0.146. The Morgan fingerprint density at radius 3 is 1.64 bits per heavy atom. The Hall–Kier alpha value is -2.09. The monoisotopic (exact) mass is 488 g/mol. The van der Waals surface area contributed by atoms with Crippen LogP contribution >= 0.6 is 0 Å². The standard InChI is InChI=1S/C34H48O2/c35-33(36)32(27-31-19-11-4-12-20-31)34(24-21-28-13-5-1-6-14-28,25-22-29-15-7-2-8-16-29)26-23-30-17-9-3-10-18-30/h1,4-6,11-14,19-20,29-30,32H,2-3,7-10,15-18,21-27H2,(H,35,36). The van der Waals surface area contributed by atoms with Crippen molar-refractivity contribution >= 4 is 5.97 Å². The number of rotatable bonds is 13. The number of carboxylic acid groups (broad SMARTS) is 1. The predicted octanol–water partition coefficient (Wildman–Crippen LogP) is 9.27. The molecule has 2 aromatic rings. The van der Waals surface area contributed by atoms with E-state index in [-0.39, 0.29) is 11.3 Å². The van der Waals surface area contributed by atoms with Gasteiger partial charge in [0.15, 0.2) is 0 Å². The molecule has 1 unspecified atom stereocenters. The second-order valence-corrected chi connectivity index (χ2v) is 12.0. The molecule has 2 saturated carbocycles. The Labute approximate surface area is 219 Å². The lowest BCUT2D eigenvalue weighted by Crippen LogP contribution is -2.39. The summed E-state index contributed by atoms with van der Waals surface area (Å²) in [7, 11) is 0. The van der Waals surface area contributed by atoms with Crippen molar-refractivity contribution in [1.82, 2.24) is 0 Å². The normalized spacial score (nSPS) is 18.7. The highest BCUT2D eigenvalue weighted by Crippen LogP contribution is 2.47. The van der Waals surface area contributed by atoms with Crippen LogP contribution in [0.2, 0.25) is 0 Å². The van der Waals surface area contributed by atoms with Gasteiger partial charge in [0.05, 0.1) is 5.92 Å². The molecule has 0 heterocycles. The summed E-state index contributed by atoms with van der Waals surface area (Å²) in [5.74, 6) is 0.668. The van der Waals surface area contributed by atoms with Gasteiger partial charge in [-0.05, 0) is 73.3 Å². The number of carbonyl (C=O) groups is 1. The minimum Gasteiger partial charge on any atom is -0.481 e. The third-order valence-electron chi connectivity index (χ3n) is 9.62. The first kappa shape index (κ1) is 27.0. The summed E-state index contributed by atoms with van der Waals surface area (Å²) in [6.07, 6.45) is 20.7. The van der Waals surface area contributed by atoms with E-state index in [4.69, 9.17) is 0 Å². The van der Waals surface area contributed by atoms with Gasteiger partial charge < -0.3 is 5.11 Å². The fourth-order valence-electron chi connectivity index (χ4n) is 7.29. The third kappa shape index (κ3) is 7.95. The van der Waals surface area contributed by atoms with Crippen molar-refractivity contribution in [3.8, 4) is 0 Å². The van der Waals surface area contributed by atoms with Crippen LogP contribution in [0.25, 0.3) is 0 Å². The molecule has 0 bridgehead atoms. The van der Waals surface area contributed by atoms with Gasteiger partial charge in [0, 0.05) is 0 Å². The van der Waals surface area contributed by atoms with E-state index >= 15 is 0 Å². The van der Waals surface area contributed by atoms with Crippen LogP contribution in [0.15, 0.2) is 60.7 Å². The maximum absolute atomic E-state index is 13.1. The lowest BCUT2D eigenvalue weighted by Gasteiger charge is -2.42. The lowest BCUT2D eigenvalue weighted by atomic mass is 9.62. The van der Waals surface area contributed by atoms with E-state index in [1.807, 2.05) is 6.07 Å². The number of benzene rings is 2. The van der Waals surface area contributed by atoms with Gasteiger partial charge in [0.25, 0.3) is 0 Å². The van der Waals surface area contributed by atoms with Crippen LogP contribution in [0.5, 0.6) is 0 Å². The minimum atomic E-state index is -0.584. The summed E-state index contributed by atoms with van der Waals surface area (Å²) >= 11 is 0. The van der Waals surface area contributed by atoms with Gasteiger partial charge in [-0.2, -0.15) is 0 Å². The molecule has 0 spiro atoms. The molecular formula is C34H48O2. The molecule has 4 rings (SSSR count). The zero-order valence-electron chi connectivity index (χ0n) is 22.4. The molecule has 2 fully saturated rings. The van der Waals surface area contributed by atoms with Crippen molar-refractivity contribution in [2.45, 2.75) is 109 Å². The highest BCUT2D eigenvalue weighted by Gasteiger charge is 2.43. The van der Waals surface area contributed by atoms with E-state index in [0.717, 1.165) is 37.5 Å². The number of hydrogen-bond donors (Lipinski definition) is 1. The summed E-state index contributed by atoms with van der Waals surface area (Å²) in [4.78, 5) is 13.1. The van der Waals surface area contributed by atoms with Crippen molar-refractivity contribution in [1.29, 1.82) is 0 Å². The topological polar surface area (TPSA) is 37.3 Å². The van der Waals surface area contributed by atoms with E-state index in [1.165, 1.54) is 88.2 Å². The van der Waals surface area contributed by atoms with E-state index in [1.54, 1.807) is 0 Å². The highest BCUT2D eigenvalue weighted by molar-refractivity contribution is 5.71. The van der Waals surface area contributed by atoms with Crippen LogP contribution in [0.3, 0.4) is 0 Å². The Balaban J connectivity index is 1.61. The van der Waals surface area contributed by atoms with Crippen LogP contribution < -0.4 is 0 Å². The molecular weight excluding hydrogens is 440 g/mol. The Morgan fingerprint density at radius 1 is 0.694 bits per heavy atom. The fourth-order valence-corrected chi connectivity index (χ4v) is 7.29. The average Bonchev–Trinajstić information content (AvgIpc) is 2.94. The zero-order chi connectivity index (χ0) is 25.1. The molecule has 0 amide bonds. The molecule has 0 radical (unpaired) electrons. The fraction of sp³-hybridized carbons (Fsp3) is 0.618. The number of aliphatic carboxylic acids is 1. The van der Waals surface area contributed by atoms with E-state index in [0.29, 0.717) is 6.42 Å². The molecule has 0 aliphatic heterocycles. The molecule has 0 aromatic heterocycles. The highest BCUT2D eigenvalue weighted by atomic mass is 16.4. The molecule has 1 N–H and O–H groups in total. The summed E-state index contributed by atoms with van der Waals surface area (Å²) in [6, 6.07) is 21.2.